The molecule has 0 saturated carbocycles. The highest BCUT2D eigenvalue weighted by Gasteiger charge is 2.18. The van der Waals surface area contributed by atoms with Gasteiger partial charge in [-0.05, 0) is 0 Å². The van der Waals surface area contributed by atoms with Crippen molar-refractivity contribution < 1.29 is 9.53 Å². The number of Topliss-reactive ketones (excluding diaryl/α,β-unsaturated/α-hetero) is 1. The minimum absolute atomic E-state index is 0.342. The number of carbonyl (C=O) groups excluding carboxylic acids is 1. The third-order valence-corrected chi connectivity index (χ3v) is 2.64. The van der Waals surface area contributed by atoms with Gasteiger partial charge in [-0.15, -0.1) is 0 Å². The van der Waals surface area contributed by atoms with E-state index in [4.69, 9.17) is 4.74 Å². The lowest BCUT2D eigenvalue weighted by Crippen LogP contribution is -2.33. The lowest BCUT2D eigenvalue weighted by atomic mass is 10.1. The molecule has 4 heteroatoms. The molecule has 4 nitrogen and oxygen atoms in total. The van der Waals surface area contributed by atoms with Gasteiger partial charge in [0.25, 0.3) is 0 Å². The first-order valence-corrected chi connectivity index (χ1v) is 5.06. The summed E-state index contributed by atoms with van der Waals surface area (Å²) in [4.78, 5) is 17.3. The normalized spacial score (nSPS) is 16.6. The molecule has 1 fully saturated rings. The highest BCUT2D eigenvalue weighted by Crippen LogP contribution is 2.28. The zero-order valence-electron chi connectivity index (χ0n) is 8.77. The van der Waals surface area contributed by atoms with Crippen LogP contribution >= 0.6 is 0 Å². The van der Waals surface area contributed by atoms with Crippen LogP contribution in [0.15, 0.2) is 18.5 Å². The second-order valence-corrected chi connectivity index (χ2v) is 3.57. The number of carbonyl (C=O) groups is 1. The van der Waals surface area contributed by atoms with Crippen LogP contribution in [0.25, 0.3) is 0 Å². The third-order valence-electron chi connectivity index (χ3n) is 2.64. The van der Waals surface area contributed by atoms with E-state index in [2.05, 4.69) is 9.88 Å². The van der Waals surface area contributed by atoms with Gasteiger partial charge in [0.1, 0.15) is 11.5 Å². The van der Waals surface area contributed by atoms with Crippen LogP contribution in [-0.4, -0.2) is 31.0 Å². The summed E-state index contributed by atoms with van der Waals surface area (Å²) in [5, 5.41) is 0. The molecule has 15 heavy (non-hydrogen) atoms. The van der Waals surface area contributed by atoms with Gasteiger partial charge in [-0.2, -0.15) is 0 Å². The first-order valence-electron chi connectivity index (χ1n) is 5.06. The quantitative estimate of drug-likeness (QED) is 0.730. The fourth-order valence-corrected chi connectivity index (χ4v) is 1.78. The monoisotopic (exact) mass is 206 g/mol. The number of aromatic nitrogens is 1. The van der Waals surface area contributed by atoms with Crippen LogP contribution in [0.2, 0.25) is 0 Å². The molecule has 0 radical (unpaired) electrons. The maximum Gasteiger partial charge on any atom is 0.145 e. The van der Waals surface area contributed by atoms with Gasteiger partial charge in [0.05, 0.1) is 19.0 Å². The SMILES string of the molecule is COc1ccncc1N1CCC(=O)CC1. The fourth-order valence-electron chi connectivity index (χ4n) is 1.78. The van der Waals surface area contributed by atoms with Crippen molar-refractivity contribution in [2.45, 2.75) is 12.8 Å². The van der Waals surface area contributed by atoms with Crippen molar-refractivity contribution in [1.29, 1.82) is 0 Å². The summed E-state index contributed by atoms with van der Waals surface area (Å²) in [6.07, 6.45) is 4.74. The predicted octanol–water partition coefficient (Wildman–Crippen LogP) is 1.26. The molecule has 0 aromatic carbocycles. The van der Waals surface area contributed by atoms with Crippen molar-refractivity contribution in [1.82, 2.24) is 4.98 Å². The molecule has 1 aliphatic heterocycles. The number of nitrogens with zero attached hydrogens (tertiary/aromatic N) is 2. The average Bonchev–Trinajstić information content (AvgIpc) is 2.30. The minimum atomic E-state index is 0.342. The van der Waals surface area contributed by atoms with Crippen LogP contribution in [0, 0.1) is 0 Å². The summed E-state index contributed by atoms with van der Waals surface area (Å²) < 4.78 is 5.26. The van der Waals surface area contributed by atoms with Crippen molar-refractivity contribution in [2.75, 3.05) is 25.1 Å². The number of hydrogen-bond donors (Lipinski definition) is 0. The Balaban J connectivity index is 2.18. The highest BCUT2D eigenvalue weighted by atomic mass is 16.5. The minimum Gasteiger partial charge on any atom is -0.494 e. The number of piperidine rings is 1. The molecule has 0 bridgehead atoms. The van der Waals surface area contributed by atoms with Gasteiger partial charge in [0, 0.05) is 38.2 Å². The van der Waals surface area contributed by atoms with Crippen LogP contribution in [-0.2, 0) is 4.79 Å². The molecule has 0 amide bonds. The molecule has 2 heterocycles. The van der Waals surface area contributed by atoms with Crippen molar-refractivity contribution in [3.63, 3.8) is 0 Å². The van der Waals surface area contributed by atoms with E-state index in [9.17, 15) is 4.79 Å². The molecule has 2 rings (SSSR count). The molecule has 0 unspecified atom stereocenters. The topological polar surface area (TPSA) is 42.4 Å². The Kier molecular flexibility index (Phi) is 2.85. The molecule has 0 atom stereocenters. The van der Waals surface area contributed by atoms with Crippen LogP contribution in [0.5, 0.6) is 5.75 Å². The lowest BCUT2D eigenvalue weighted by Gasteiger charge is -2.28. The molecule has 1 aromatic heterocycles. The highest BCUT2D eigenvalue weighted by molar-refractivity contribution is 5.81. The Morgan fingerprint density at radius 3 is 2.80 bits per heavy atom. The van der Waals surface area contributed by atoms with E-state index in [1.54, 1.807) is 19.5 Å². The summed E-state index contributed by atoms with van der Waals surface area (Å²) in [5.74, 6) is 1.16. The zero-order valence-corrected chi connectivity index (χ0v) is 8.77. The molecule has 1 saturated heterocycles. The molecule has 80 valence electrons. The van der Waals surface area contributed by atoms with Gasteiger partial charge < -0.3 is 9.64 Å². The number of methoxy groups -OCH3 is 1. The van der Waals surface area contributed by atoms with E-state index < -0.39 is 0 Å². The molecule has 0 N–H and O–H groups in total. The Morgan fingerprint density at radius 2 is 2.13 bits per heavy atom. The second kappa shape index (κ2) is 4.29. The standard InChI is InChI=1S/C11H14N2O2/c1-15-11-2-5-12-8-10(11)13-6-3-9(14)4-7-13/h2,5,8H,3-4,6-7H2,1H3. The summed E-state index contributed by atoms with van der Waals surface area (Å²) in [6.45, 7) is 1.53. The largest absolute Gasteiger partial charge is 0.494 e. The number of ketones is 1. The van der Waals surface area contributed by atoms with Gasteiger partial charge in [0.15, 0.2) is 0 Å². The number of anilines is 1. The van der Waals surface area contributed by atoms with Crippen molar-refractivity contribution in [3.05, 3.63) is 18.5 Å². The van der Waals surface area contributed by atoms with Crippen molar-refractivity contribution in [3.8, 4) is 5.75 Å². The Bertz CT molecular complexity index is 355. The zero-order chi connectivity index (χ0) is 10.7. The Morgan fingerprint density at radius 1 is 1.40 bits per heavy atom. The summed E-state index contributed by atoms with van der Waals surface area (Å²) in [7, 11) is 1.65. The molecule has 1 aromatic rings. The lowest BCUT2D eigenvalue weighted by molar-refractivity contribution is -0.119. The van der Waals surface area contributed by atoms with E-state index in [0.29, 0.717) is 18.6 Å². The van der Waals surface area contributed by atoms with Crippen LogP contribution in [0.3, 0.4) is 0 Å². The number of ether oxygens (including phenoxy) is 1. The van der Waals surface area contributed by atoms with E-state index in [0.717, 1.165) is 24.5 Å². The van der Waals surface area contributed by atoms with Gasteiger partial charge in [0.2, 0.25) is 0 Å². The second-order valence-electron chi connectivity index (χ2n) is 3.57. The molecule has 1 aliphatic rings. The van der Waals surface area contributed by atoms with E-state index in [1.807, 2.05) is 6.07 Å². The average molecular weight is 206 g/mol. The van der Waals surface area contributed by atoms with E-state index in [-0.39, 0.29) is 0 Å². The number of hydrogen-bond acceptors (Lipinski definition) is 4. The molecular weight excluding hydrogens is 192 g/mol. The van der Waals surface area contributed by atoms with E-state index in [1.165, 1.54) is 0 Å². The van der Waals surface area contributed by atoms with Gasteiger partial charge in [-0.3, -0.25) is 9.78 Å². The predicted molar refractivity (Wildman–Crippen MR) is 57.2 cm³/mol. The first-order chi connectivity index (χ1) is 7.31. The van der Waals surface area contributed by atoms with Crippen molar-refractivity contribution >= 4 is 11.5 Å². The molecule has 0 aliphatic carbocycles. The molecular formula is C11H14N2O2. The van der Waals surface area contributed by atoms with Gasteiger partial charge in [-0.25, -0.2) is 0 Å². The summed E-state index contributed by atoms with van der Waals surface area (Å²) in [6, 6.07) is 1.84. The van der Waals surface area contributed by atoms with Crippen LogP contribution in [0.4, 0.5) is 5.69 Å². The Hall–Kier alpha value is -1.58. The van der Waals surface area contributed by atoms with Gasteiger partial charge in [-0.1, -0.05) is 0 Å². The summed E-state index contributed by atoms with van der Waals surface area (Å²) in [5.41, 5.74) is 0.979. The fraction of sp³-hybridized carbons (Fsp3) is 0.455. The molecule has 0 spiro atoms. The smallest absolute Gasteiger partial charge is 0.145 e. The third kappa shape index (κ3) is 2.09. The van der Waals surface area contributed by atoms with Gasteiger partial charge >= 0.3 is 0 Å². The first kappa shape index (κ1) is 9.96. The maximum absolute atomic E-state index is 11.1. The summed E-state index contributed by atoms with van der Waals surface area (Å²) >= 11 is 0. The maximum atomic E-state index is 11.1. The van der Waals surface area contributed by atoms with Crippen molar-refractivity contribution in [2.24, 2.45) is 0 Å². The van der Waals surface area contributed by atoms with Crippen LogP contribution < -0.4 is 9.64 Å². The van der Waals surface area contributed by atoms with Crippen LogP contribution in [0.1, 0.15) is 12.8 Å². The van der Waals surface area contributed by atoms with E-state index >= 15 is 0 Å². The number of rotatable bonds is 2. The Labute approximate surface area is 88.9 Å². The number of pyridine rings is 1.